The fourth-order valence-corrected chi connectivity index (χ4v) is 4.93. The molecule has 7 heteroatoms. The Morgan fingerprint density at radius 3 is 2.58 bits per heavy atom. The van der Waals surface area contributed by atoms with E-state index in [0.29, 0.717) is 17.8 Å². The number of carbonyl (C=O) groups is 1. The summed E-state index contributed by atoms with van der Waals surface area (Å²) in [6.07, 6.45) is 7.23. The molecule has 0 aliphatic heterocycles. The molecule has 3 saturated carbocycles. The van der Waals surface area contributed by atoms with Crippen LogP contribution in [-0.4, -0.2) is 21.9 Å². The molecule has 2 aromatic rings. The summed E-state index contributed by atoms with van der Waals surface area (Å²) in [5.41, 5.74) is 9.11. The van der Waals surface area contributed by atoms with Crippen molar-refractivity contribution < 1.29 is 4.79 Å². The standard InChI is InChI=1S/C19H24N4O.2ClH/c20-17-12-5-4-11(8-12)16(17)19(24)21-13-6-7-14-15(9-13)23-18(22-14)10-2-1-3-10;;/h6-7,9-12,16-17H,1-5,8,20H2,(H,21,24)(H,22,23);2*1H. The molecule has 2 bridgehead atoms. The van der Waals surface area contributed by atoms with Gasteiger partial charge in [-0.2, -0.15) is 0 Å². The van der Waals surface area contributed by atoms with Crippen LogP contribution in [0.5, 0.6) is 0 Å². The highest BCUT2D eigenvalue weighted by molar-refractivity contribution is 5.95. The SMILES string of the molecule is Cl.Cl.NC1C2CCC(C2)C1C(=O)Nc1ccc2nc(C3CCC3)[nH]c2c1. The first kappa shape index (κ1) is 19.5. The Labute approximate surface area is 165 Å². The normalized spacial score (nSPS) is 29.7. The number of carbonyl (C=O) groups excluding carboxylic acids is 1. The predicted molar refractivity (Wildman–Crippen MR) is 108 cm³/mol. The number of amides is 1. The first-order valence-electron chi connectivity index (χ1n) is 9.25. The minimum Gasteiger partial charge on any atom is -0.342 e. The molecular formula is C19H26Cl2N4O. The van der Waals surface area contributed by atoms with Gasteiger partial charge in [0.25, 0.3) is 0 Å². The molecule has 3 aliphatic carbocycles. The summed E-state index contributed by atoms with van der Waals surface area (Å²) in [6.45, 7) is 0. The Morgan fingerprint density at radius 1 is 1.15 bits per heavy atom. The quantitative estimate of drug-likeness (QED) is 0.732. The van der Waals surface area contributed by atoms with Crippen molar-refractivity contribution in [2.75, 3.05) is 5.32 Å². The van der Waals surface area contributed by atoms with Crippen LogP contribution in [0.4, 0.5) is 5.69 Å². The maximum Gasteiger partial charge on any atom is 0.229 e. The summed E-state index contributed by atoms with van der Waals surface area (Å²) in [5, 5.41) is 3.09. The van der Waals surface area contributed by atoms with Gasteiger partial charge in [-0.25, -0.2) is 4.98 Å². The molecule has 5 rings (SSSR count). The van der Waals surface area contributed by atoms with Crippen LogP contribution in [0.15, 0.2) is 18.2 Å². The van der Waals surface area contributed by atoms with E-state index in [0.717, 1.165) is 35.4 Å². The monoisotopic (exact) mass is 396 g/mol. The zero-order valence-electron chi connectivity index (χ0n) is 14.6. The van der Waals surface area contributed by atoms with Crippen LogP contribution in [0.3, 0.4) is 0 Å². The number of halogens is 2. The van der Waals surface area contributed by atoms with Gasteiger partial charge in [-0.05, 0) is 62.1 Å². The molecule has 1 aromatic carbocycles. The summed E-state index contributed by atoms with van der Waals surface area (Å²) in [4.78, 5) is 20.8. The lowest BCUT2D eigenvalue weighted by Gasteiger charge is -2.27. The van der Waals surface area contributed by atoms with Crippen LogP contribution in [0.25, 0.3) is 11.0 Å². The molecule has 3 aliphatic rings. The summed E-state index contributed by atoms with van der Waals surface area (Å²) in [7, 11) is 0. The second-order valence-corrected chi connectivity index (χ2v) is 7.91. The number of aromatic amines is 1. The highest BCUT2D eigenvalue weighted by Gasteiger charge is 2.49. The molecular weight excluding hydrogens is 371 g/mol. The molecule has 1 heterocycles. The van der Waals surface area contributed by atoms with Crippen LogP contribution in [0.2, 0.25) is 0 Å². The van der Waals surface area contributed by atoms with Gasteiger partial charge in [0.05, 0.1) is 17.0 Å². The first-order chi connectivity index (χ1) is 11.7. The third kappa shape index (κ3) is 3.10. The molecule has 4 N–H and O–H groups in total. The van der Waals surface area contributed by atoms with E-state index in [1.165, 1.54) is 25.7 Å². The Morgan fingerprint density at radius 2 is 1.92 bits per heavy atom. The maximum atomic E-state index is 12.7. The van der Waals surface area contributed by atoms with Gasteiger partial charge in [0.15, 0.2) is 0 Å². The van der Waals surface area contributed by atoms with Crippen LogP contribution >= 0.6 is 24.8 Å². The van der Waals surface area contributed by atoms with Gasteiger partial charge in [-0.15, -0.1) is 24.8 Å². The molecule has 0 spiro atoms. The van der Waals surface area contributed by atoms with Crippen molar-refractivity contribution in [2.24, 2.45) is 23.5 Å². The smallest absolute Gasteiger partial charge is 0.229 e. The number of rotatable bonds is 3. The highest BCUT2D eigenvalue weighted by Crippen LogP contribution is 2.48. The predicted octanol–water partition coefficient (Wildman–Crippen LogP) is 3.99. The zero-order valence-corrected chi connectivity index (χ0v) is 16.2. The highest BCUT2D eigenvalue weighted by atomic mass is 35.5. The molecule has 142 valence electrons. The molecule has 0 saturated heterocycles. The van der Waals surface area contributed by atoms with Crippen molar-refractivity contribution in [2.45, 2.75) is 50.5 Å². The third-order valence-electron chi connectivity index (χ3n) is 6.54. The Kier molecular flexibility index (Phi) is 5.52. The van der Waals surface area contributed by atoms with Gasteiger partial charge < -0.3 is 16.0 Å². The lowest BCUT2D eigenvalue weighted by Crippen LogP contribution is -2.42. The van der Waals surface area contributed by atoms with Crippen LogP contribution < -0.4 is 11.1 Å². The average molecular weight is 397 g/mol. The molecule has 5 nitrogen and oxygen atoms in total. The minimum atomic E-state index is -0.0215. The first-order valence-corrected chi connectivity index (χ1v) is 9.25. The lowest BCUT2D eigenvalue weighted by molar-refractivity contribution is -0.121. The third-order valence-corrected chi connectivity index (χ3v) is 6.54. The fraction of sp³-hybridized carbons (Fsp3) is 0.579. The zero-order chi connectivity index (χ0) is 16.3. The van der Waals surface area contributed by atoms with Crippen molar-refractivity contribution in [3.05, 3.63) is 24.0 Å². The number of fused-ring (bicyclic) bond motifs is 3. The van der Waals surface area contributed by atoms with E-state index in [2.05, 4.69) is 15.3 Å². The summed E-state index contributed by atoms with van der Waals surface area (Å²) in [6, 6.07) is 5.97. The molecule has 4 unspecified atom stereocenters. The second-order valence-electron chi connectivity index (χ2n) is 7.91. The van der Waals surface area contributed by atoms with E-state index in [4.69, 9.17) is 5.73 Å². The van der Waals surface area contributed by atoms with Gasteiger partial charge in [-0.3, -0.25) is 4.79 Å². The van der Waals surface area contributed by atoms with Gasteiger partial charge in [0.1, 0.15) is 5.82 Å². The van der Waals surface area contributed by atoms with E-state index >= 15 is 0 Å². The summed E-state index contributed by atoms with van der Waals surface area (Å²) >= 11 is 0. The number of nitrogens with two attached hydrogens (primary N) is 1. The van der Waals surface area contributed by atoms with Crippen molar-refractivity contribution in [3.8, 4) is 0 Å². The largest absolute Gasteiger partial charge is 0.342 e. The molecule has 4 atom stereocenters. The number of hydrogen-bond acceptors (Lipinski definition) is 3. The second kappa shape index (κ2) is 7.37. The lowest BCUT2D eigenvalue weighted by atomic mass is 9.84. The van der Waals surface area contributed by atoms with Crippen molar-refractivity contribution >= 4 is 47.4 Å². The van der Waals surface area contributed by atoms with Crippen molar-refractivity contribution in [3.63, 3.8) is 0 Å². The number of nitrogens with zero attached hydrogens (tertiary/aromatic N) is 1. The Balaban J connectivity index is 0.000000980. The van der Waals surface area contributed by atoms with Crippen LogP contribution in [-0.2, 0) is 4.79 Å². The van der Waals surface area contributed by atoms with Crippen molar-refractivity contribution in [1.29, 1.82) is 0 Å². The molecule has 26 heavy (non-hydrogen) atoms. The molecule has 0 radical (unpaired) electrons. The number of hydrogen-bond donors (Lipinski definition) is 3. The number of aromatic nitrogens is 2. The molecule has 1 aromatic heterocycles. The maximum absolute atomic E-state index is 12.7. The van der Waals surface area contributed by atoms with E-state index in [9.17, 15) is 4.79 Å². The van der Waals surface area contributed by atoms with Crippen LogP contribution in [0, 0.1) is 17.8 Å². The molecule has 3 fully saturated rings. The Bertz CT molecular complexity index is 802. The topological polar surface area (TPSA) is 83.8 Å². The van der Waals surface area contributed by atoms with E-state index in [1.54, 1.807) is 0 Å². The number of imidazole rings is 1. The van der Waals surface area contributed by atoms with Gasteiger partial charge in [0.2, 0.25) is 5.91 Å². The number of nitrogens with one attached hydrogen (secondary N) is 2. The van der Waals surface area contributed by atoms with Crippen LogP contribution in [0.1, 0.15) is 50.3 Å². The number of H-pyrrole nitrogens is 1. The van der Waals surface area contributed by atoms with Gasteiger partial charge in [-0.1, -0.05) is 6.42 Å². The summed E-state index contributed by atoms with van der Waals surface area (Å²) < 4.78 is 0. The fourth-order valence-electron chi connectivity index (χ4n) is 4.93. The van der Waals surface area contributed by atoms with E-state index in [1.807, 2.05) is 18.2 Å². The van der Waals surface area contributed by atoms with E-state index < -0.39 is 0 Å². The van der Waals surface area contributed by atoms with E-state index in [-0.39, 0.29) is 42.7 Å². The number of benzene rings is 1. The van der Waals surface area contributed by atoms with Gasteiger partial charge >= 0.3 is 0 Å². The Hall–Kier alpha value is -1.30. The summed E-state index contributed by atoms with van der Waals surface area (Å²) in [5.74, 6) is 2.77. The van der Waals surface area contributed by atoms with Crippen molar-refractivity contribution in [1.82, 2.24) is 9.97 Å². The molecule has 1 amide bonds. The van der Waals surface area contributed by atoms with Gasteiger partial charge in [0, 0.05) is 17.6 Å². The minimum absolute atomic E-state index is 0. The average Bonchev–Trinajstić information content (AvgIpc) is 3.18. The number of anilines is 1.